The number of nitrogens with two attached hydrogens (primary N) is 1. The topological polar surface area (TPSA) is 56.7 Å². The molecule has 3 aromatic rings. The average Bonchev–Trinajstić information content (AvgIpc) is 3.21. The first-order chi connectivity index (χ1) is 9.74. The minimum atomic E-state index is 0.551. The zero-order chi connectivity index (χ0) is 13.7. The van der Waals surface area contributed by atoms with Crippen LogP contribution in [0.3, 0.4) is 0 Å². The highest BCUT2D eigenvalue weighted by molar-refractivity contribution is 14.1. The fourth-order valence-electron chi connectivity index (χ4n) is 2.57. The number of fused-ring (bicyclic) bond motifs is 1. The second kappa shape index (κ2) is 4.44. The number of rotatable bonds is 2. The van der Waals surface area contributed by atoms with Gasteiger partial charge in [-0.1, -0.05) is 0 Å². The summed E-state index contributed by atoms with van der Waals surface area (Å²) >= 11 is 2.31. The molecule has 2 N–H and O–H groups in total. The molecule has 0 spiro atoms. The Hall–Kier alpha value is -1.63. The largest absolute Gasteiger partial charge is 0.398 e. The first kappa shape index (κ1) is 12.1. The van der Waals surface area contributed by atoms with Crippen molar-refractivity contribution in [2.24, 2.45) is 0 Å². The van der Waals surface area contributed by atoms with Crippen LogP contribution >= 0.6 is 22.6 Å². The van der Waals surface area contributed by atoms with E-state index in [1.165, 1.54) is 16.4 Å². The van der Waals surface area contributed by atoms with E-state index < -0.39 is 0 Å². The first-order valence-electron chi connectivity index (χ1n) is 6.61. The first-order valence-corrected chi connectivity index (χ1v) is 7.69. The third kappa shape index (κ3) is 1.88. The Morgan fingerprint density at radius 1 is 1.25 bits per heavy atom. The molecule has 0 saturated heterocycles. The smallest absolute Gasteiger partial charge is 0.143 e. The summed E-state index contributed by atoms with van der Waals surface area (Å²) < 4.78 is 3.48. The monoisotopic (exact) mass is 376 g/mol. The quantitative estimate of drug-likeness (QED) is 0.549. The normalized spacial score (nSPS) is 14.8. The highest BCUT2D eigenvalue weighted by atomic mass is 127. The Bertz CT molecular complexity index is 805. The number of anilines is 1. The van der Waals surface area contributed by atoms with Gasteiger partial charge in [0.05, 0.1) is 11.7 Å². The summed E-state index contributed by atoms with van der Waals surface area (Å²) in [7, 11) is 0. The number of benzene rings is 1. The molecule has 1 fully saturated rings. The number of nitrogens with zero attached hydrogens (tertiary/aromatic N) is 3. The van der Waals surface area contributed by atoms with Crippen LogP contribution in [-0.4, -0.2) is 14.5 Å². The Morgan fingerprint density at radius 2 is 2.10 bits per heavy atom. The van der Waals surface area contributed by atoms with Gasteiger partial charge in [-0.25, -0.2) is 4.98 Å². The summed E-state index contributed by atoms with van der Waals surface area (Å²) in [4.78, 5) is 8.94. The van der Waals surface area contributed by atoms with Crippen LogP contribution in [0.4, 0.5) is 5.69 Å². The molecule has 2 heterocycles. The van der Waals surface area contributed by atoms with E-state index in [2.05, 4.69) is 38.2 Å². The lowest BCUT2D eigenvalue weighted by molar-refractivity contribution is 0.775. The number of halogens is 1. The minimum absolute atomic E-state index is 0.551. The maximum absolute atomic E-state index is 6.16. The van der Waals surface area contributed by atoms with Crippen molar-refractivity contribution in [2.45, 2.75) is 18.9 Å². The zero-order valence-corrected chi connectivity index (χ0v) is 12.9. The van der Waals surface area contributed by atoms with E-state index in [-0.39, 0.29) is 0 Å². The molecule has 0 amide bonds. The third-order valence-electron chi connectivity index (χ3n) is 3.66. The van der Waals surface area contributed by atoms with Gasteiger partial charge in [-0.3, -0.25) is 4.98 Å². The minimum Gasteiger partial charge on any atom is -0.398 e. The van der Waals surface area contributed by atoms with Crippen LogP contribution in [-0.2, 0) is 0 Å². The van der Waals surface area contributed by atoms with Gasteiger partial charge < -0.3 is 10.3 Å². The molecule has 100 valence electrons. The molecule has 2 aromatic heterocycles. The molecule has 20 heavy (non-hydrogen) atoms. The number of aromatic nitrogens is 3. The SMILES string of the molecule is Nc1ccc(I)cc1-c1nc2cnccc2n1C1CC1. The summed E-state index contributed by atoms with van der Waals surface area (Å²) in [5, 5.41) is 0. The molecule has 1 aliphatic rings. The van der Waals surface area contributed by atoms with Gasteiger partial charge in [-0.05, 0) is 59.7 Å². The molecule has 5 heteroatoms. The van der Waals surface area contributed by atoms with Crippen molar-refractivity contribution in [3.05, 3.63) is 40.2 Å². The van der Waals surface area contributed by atoms with Crippen molar-refractivity contribution in [1.29, 1.82) is 0 Å². The van der Waals surface area contributed by atoms with Crippen LogP contribution in [0, 0.1) is 3.57 Å². The van der Waals surface area contributed by atoms with Crippen LogP contribution in [0.15, 0.2) is 36.7 Å². The van der Waals surface area contributed by atoms with Gasteiger partial charge in [0.25, 0.3) is 0 Å². The molecule has 4 nitrogen and oxygen atoms in total. The standard InChI is InChI=1S/C15H13IN4/c16-9-1-4-12(17)11(7-9)15-19-13-8-18-6-5-14(13)20(15)10-2-3-10/h1,4-8,10H,2-3,17H2. The predicted octanol–water partition coefficient (Wildman–Crippen LogP) is 3.62. The van der Waals surface area contributed by atoms with Crippen LogP contribution in [0.1, 0.15) is 18.9 Å². The molecule has 1 saturated carbocycles. The van der Waals surface area contributed by atoms with Gasteiger partial charge in [-0.15, -0.1) is 0 Å². The number of pyridine rings is 1. The number of nitrogen functional groups attached to an aromatic ring is 1. The van der Waals surface area contributed by atoms with Gasteiger partial charge in [0.2, 0.25) is 0 Å². The Kier molecular flexibility index (Phi) is 2.70. The molecule has 0 atom stereocenters. The van der Waals surface area contributed by atoms with E-state index in [0.717, 1.165) is 28.1 Å². The molecule has 0 bridgehead atoms. The van der Waals surface area contributed by atoms with Gasteiger partial charge in [0.15, 0.2) is 0 Å². The molecule has 1 aliphatic carbocycles. The van der Waals surface area contributed by atoms with Crippen molar-refractivity contribution in [3.63, 3.8) is 0 Å². The number of imidazole rings is 1. The summed E-state index contributed by atoms with van der Waals surface area (Å²) in [6.07, 6.45) is 6.07. The molecule has 0 aliphatic heterocycles. The van der Waals surface area contributed by atoms with E-state index >= 15 is 0 Å². The van der Waals surface area contributed by atoms with Crippen LogP contribution in [0.25, 0.3) is 22.4 Å². The highest BCUT2D eigenvalue weighted by Crippen LogP contribution is 2.42. The lowest BCUT2D eigenvalue weighted by Gasteiger charge is -2.10. The Morgan fingerprint density at radius 3 is 2.90 bits per heavy atom. The maximum atomic E-state index is 6.16. The van der Waals surface area contributed by atoms with Gasteiger partial charge in [-0.2, -0.15) is 0 Å². The highest BCUT2D eigenvalue weighted by Gasteiger charge is 2.29. The summed E-state index contributed by atoms with van der Waals surface area (Å²) in [6.45, 7) is 0. The summed E-state index contributed by atoms with van der Waals surface area (Å²) in [5.74, 6) is 0.964. The molecule has 0 radical (unpaired) electrons. The van der Waals surface area contributed by atoms with E-state index in [0.29, 0.717) is 6.04 Å². The third-order valence-corrected chi connectivity index (χ3v) is 4.33. The molecule has 0 unspecified atom stereocenters. The van der Waals surface area contributed by atoms with Gasteiger partial charge in [0, 0.05) is 27.1 Å². The summed E-state index contributed by atoms with van der Waals surface area (Å²) in [5.41, 5.74) is 10.0. The van der Waals surface area contributed by atoms with Crippen LogP contribution in [0.2, 0.25) is 0 Å². The fraction of sp³-hybridized carbons (Fsp3) is 0.200. The number of hydrogen-bond acceptors (Lipinski definition) is 3. The number of hydrogen-bond donors (Lipinski definition) is 1. The van der Waals surface area contributed by atoms with E-state index in [4.69, 9.17) is 10.7 Å². The second-order valence-corrected chi connectivity index (χ2v) is 6.38. The van der Waals surface area contributed by atoms with E-state index in [1.807, 2.05) is 30.6 Å². The van der Waals surface area contributed by atoms with Crippen molar-refractivity contribution in [2.75, 3.05) is 5.73 Å². The molecular weight excluding hydrogens is 363 g/mol. The van der Waals surface area contributed by atoms with Crippen LogP contribution < -0.4 is 5.73 Å². The molecular formula is C15H13IN4. The van der Waals surface area contributed by atoms with Crippen molar-refractivity contribution in [3.8, 4) is 11.4 Å². The van der Waals surface area contributed by atoms with Gasteiger partial charge in [0.1, 0.15) is 11.3 Å². The van der Waals surface area contributed by atoms with E-state index in [1.54, 1.807) is 0 Å². The fourth-order valence-corrected chi connectivity index (χ4v) is 3.06. The second-order valence-electron chi connectivity index (χ2n) is 5.13. The van der Waals surface area contributed by atoms with E-state index in [9.17, 15) is 0 Å². The predicted molar refractivity (Wildman–Crippen MR) is 88.4 cm³/mol. The van der Waals surface area contributed by atoms with Crippen molar-refractivity contribution < 1.29 is 0 Å². The van der Waals surface area contributed by atoms with Crippen LogP contribution in [0.5, 0.6) is 0 Å². The Balaban J connectivity index is 2.03. The maximum Gasteiger partial charge on any atom is 0.143 e. The Labute approximate surface area is 130 Å². The van der Waals surface area contributed by atoms with Crippen molar-refractivity contribution in [1.82, 2.24) is 14.5 Å². The van der Waals surface area contributed by atoms with Crippen molar-refractivity contribution >= 4 is 39.3 Å². The average molecular weight is 376 g/mol. The lowest BCUT2D eigenvalue weighted by Crippen LogP contribution is -2.00. The van der Waals surface area contributed by atoms with Gasteiger partial charge >= 0.3 is 0 Å². The molecule has 1 aromatic carbocycles. The lowest BCUT2D eigenvalue weighted by atomic mass is 10.1. The zero-order valence-electron chi connectivity index (χ0n) is 10.8. The molecule has 4 rings (SSSR count). The summed E-state index contributed by atoms with van der Waals surface area (Å²) in [6, 6.07) is 8.66.